The van der Waals surface area contributed by atoms with Gasteiger partial charge in [0.1, 0.15) is 5.82 Å². The van der Waals surface area contributed by atoms with Crippen LogP contribution in [0.5, 0.6) is 0 Å². The van der Waals surface area contributed by atoms with Gasteiger partial charge in [-0.05, 0) is 48.2 Å². The van der Waals surface area contributed by atoms with Crippen LogP contribution in [0.3, 0.4) is 0 Å². The predicted molar refractivity (Wildman–Crippen MR) is 93.9 cm³/mol. The first-order valence-corrected chi connectivity index (χ1v) is 8.22. The maximum Gasteiger partial charge on any atom is 0.266 e. The van der Waals surface area contributed by atoms with Crippen LogP contribution in [0.1, 0.15) is 15.2 Å². The van der Waals surface area contributed by atoms with Crippen molar-refractivity contribution < 1.29 is 9.18 Å². The first-order chi connectivity index (χ1) is 11.1. The Kier molecular flexibility index (Phi) is 4.46. The first kappa shape index (κ1) is 15.7. The van der Waals surface area contributed by atoms with E-state index in [4.69, 9.17) is 11.6 Å². The molecule has 1 aromatic heterocycles. The molecule has 0 aliphatic rings. The van der Waals surface area contributed by atoms with Gasteiger partial charge in [0, 0.05) is 21.8 Å². The molecule has 0 saturated carbocycles. The van der Waals surface area contributed by atoms with Crippen LogP contribution in [0, 0.1) is 12.7 Å². The largest absolute Gasteiger partial charge is 0.321 e. The number of rotatable bonds is 3. The predicted octanol–water partition coefficient (Wildman–Crippen LogP) is 5.77. The van der Waals surface area contributed by atoms with Crippen molar-refractivity contribution in [2.45, 2.75) is 6.92 Å². The molecule has 0 aliphatic carbocycles. The van der Waals surface area contributed by atoms with E-state index in [-0.39, 0.29) is 5.91 Å². The number of nitrogens with one attached hydrogen (secondary N) is 1. The highest BCUT2D eigenvalue weighted by atomic mass is 35.5. The molecule has 0 saturated heterocycles. The number of carbonyl (C=O) groups excluding carboxylic acids is 1. The fourth-order valence-corrected chi connectivity index (χ4v) is 3.30. The van der Waals surface area contributed by atoms with Crippen LogP contribution in [-0.4, -0.2) is 5.91 Å². The van der Waals surface area contributed by atoms with Crippen LogP contribution in [0.2, 0.25) is 5.02 Å². The summed E-state index contributed by atoms with van der Waals surface area (Å²) in [5, 5.41) is 5.07. The summed E-state index contributed by atoms with van der Waals surface area (Å²) in [4.78, 5) is 13.1. The van der Waals surface area contributed by atoms with Crippen molar-refractivity contribution in [3.05, 3.63) is 75.2 Å². The Morgan fingerprint density at radius 2 is 1.91 bits per heavy atom. The molecule has 116 valence electrons. The zero-order chi connectivity index (χ0) is 16.4. The highest BCUT2D eigenvalue weighted by Gasteiger charge is 2.15. The van der Waals surface area contributed by atoms with Crippen molar-refractivity contribution in [1.82, 2.24) is 0 Å². The lowest BCUT2D eigenvalue weighted by Crippen LogP contribution is -2.12. The van der Waals surface area contributed by atoms with Gasteiger partial charge < -0.3 is 5.32 Å². The van der Waals surface area contributed by atoms with Gasteiger partial charge in [0.2, 0.25) is 0 Å². The van der Waals surface area contributed by atoms with Crippen LogP contribution in [0.4, 0.5) is 10.1 Å². The van der Waals surface area contributed by atoms with E-state index in [0.717, 1.165) is 5.56 Å². The second-order valence-electron chi connectivity index (χ2n) is 5.06. The van der Waals surface area contributed by atoms with Crippen molar-refractivity contribution in [1.29, 1.82) is 0 Å². The summed E-state index contributed by atoms with van der Waals surface area (Å²) in [6.07, 6.45) is 0. The first-order valence-electron chi connectivity index (χ1n) is 6.96. The van der Waals surface area contributed by atoms with Crippen molar-refractivity contribution in [2.24, 2.45) is 0 Å². The molecule has 3 rings (SSSR count). The van der Waals surface area contributed by atoms with Crippen molar-refractivity contribution in [2.75, 3.05) is 5.32 Å². The van der Waals surface area contributed by atoms with Crippen LogP contribution >= 0.6 is 22.9 Å². The minimum atomic E-state index is -0.425. The van der Waals surface area contributed by atoms with Crippen LogP contribution in [0.25, 0.3) is 11.1 Å². The lowest BCUT2D eigenvalue weighted by Gasteiger charge is -2.12. The van der Waals surface area contributed by atoms with Gasteiger partial charge in [-0.15, -0.1) is 11.3 Å². The van der Waals surface area contributed by atoms with Crippen LogP contribution in [0.15, 0.2) is 53.9 Å². The summed E-state index contributed by atoms with van der Waals surface area (Å²) in [6.45, 7) is 1.89. The number of para-hydroxylation sites is 1. The van der Waals surface area contributed by atoms with Crippen molar-refractivity contribution in [3.63, 3.8) is 0 Å². The molecular formula is C18H13ClFNOS. The highest BCUT2D eigenvalue weighted by molar-refractivity contribution is 7.12. The maximum absolute atomic E-state index is 14.2. The van der Waals surface area contributed by atoms with Gasteiger partial charge in [-0.3, -0.25) is 4.79 Å². The summed E-state index contributed by atoms with van der Waals surface area (Å²) in [5.74, 6) is -0.620. The number of hydrogen-bond donors (Lipinski definition) is 1. The molecule has 1 amide bonds. The Balaban J connectivity index is 1.98. The third-order valence-electron chi connectivity index (χ3n) is 3.46. The SMILES string of the molecule is Cc1ccsc1C(=O)Nc1ccccc1-c1ccc(Cl)cc1F. The Morgan fingerprint density at radius 3 is 2.61 bits per heavy atom. The zero-order valence-corrected chi connectivity index (χ0v) is 13.8. The molecule has 0 atom stereocenters. The number of aryl methyl sites for hydroxylation is 1. The highest BCUT2D eigenvalue weighted by Crippen LogP contribution is 2.32. The molecule has 0 aliphatic heterocycles. The lowest BCUT2D eigenvalue weighted by atomic mass is 10.0. The van der Waals surface area contributed by atoms with E-state index in [1.165, 1.54) is 17.4 Å². The fourth-order valence-electron chi connectivity index (χ4n) is 2.32. The number of benzene rings is 2. The lowest BCUT2D eigenvalue weighted by molar-refractivity contribution is 0.103. The second-order valence-corrected chi connectivity index (χ2v) is 6.41. The van der Waals surface area contributed by atoms with Crippen molar-refractivity contribution >= 4 is 34.5 Å². The van der Waals surface area contributed by atoms with E-state index in [0.29, 0.717) is 26.7 Å². The Bertz CT molecular complexity index is 875. The molecule has 2 aromatic carbocycles. The summed E-state index contributed by atoms with van der Waals surface area (Å²) >= 11 is 7.19. The molecule has 2 nitrogen and oxygen atoms in total. The fraction of sp³-hybridized carbons (Fsp3) is 0.0556. The van der Waals surface area contributed by atoms with E-state index in [9.17, 15) is 9.18 Å². The van der Waals surface area contributed by atoms with E-state index in [1.807, 2.05) is 18.4 Å². The Labute approximate surface area is 142 Å². The molecule has 1 N–H and O–H groups in total. The molecule has 0 radical (unpaired) electrons. The van der Waals surface area contributed by atoms with Gasteiger partial charge in [0.15, 0.2) is 0 Å². The number of anilines is 1. The quantitative estimate of drug-likeness (QED) is 0.641. The summed E-state index contributed by atoms with van der Waals surface area (Å²) in [5.41, 5.74) is 2.49. The minimum Gasteiger partial charge on any atom is -0.321 e. The van der Waals surface area contributed by atoms with E-state index in [2.05, 4.69) is 5.32 Å². The molecular weight excluding hydrogens is 333 g/mol. The second kappa shape index (κ2) is 6.52. The third-order valence-corrected chi connectivity index (χ3v) is 4.72. The smallest absolute Gasteiger partial charge is 0.266 e. The van der Waals surface area contributed by atoms with Gasteiger partial charge >= 0.3 is 0 Å². The number of amides is 1. The molecule has 0 bridgehead atoms. The molecule has 0 fully saturated rings. The monoisotopic (exact) mass is 345 g/mol. The molecule has 0 unspecified atom stereocenters. The normalized spacial score (nSPS) is 10.6. The van der Waals surface area contributed by atoms with E-state index >= 15 is 0 Å². The maximum atomic E-state index is 14.2. The average molecular weight is 346 g/mol. The van der Waals surface area contributed by atoms with Gasteiger partial charge in [-0.1, -0.05) is 29.8 Å². The number of hydrogen-bond acceptors (Lipinski definition) is 2. The Hall–Kier alpha value is -2.17. The summed E-state index contributed by atoms with van der Waals surface area (Å²) in [7, 11) is 0. The molecule has 0 spiro atoms. The van der Waals surface area contributed by atoms with Gasteiger partial charge in [-0.25, -0.2) is 4.39 Å². The van der Waals surface area contributed by atoms with Gasteiger partial charge in [0.25, 0.3) is 5.91 Å². The molecule has 1 heterocycles. The topological polar surface area (TPSA) is 29.1 Å². The van der Waals surface area contributed by atoms with E-state index < -0.39 is 5.82 Å². The molecule has 23 heavy (non-hydrogen) atoms. The summed E-state index contributed by atoms with van der Waals surface area (Å²) in [6, 6.07) is 13.5. The minimum absolute atomic E-state index is 0.195. The molecule has 3 aromatic rings. The van der Waals surface area contributed by atoms with Crippen LogP contribution in [-0.2, 0) is 0 Å². The zero-order valence-electron chi connectivity index (χ0n) is 12.3. The van der Waals surface area contributed by atoms with Gasteiger partial charge in [0.05, 0.1) is 4.88 Å². The third kappa shape index (κ3) is 3.28. The average Bonchev–Trinajstić information content (AvgIpc) is 2.94. The number of carbonyl (C=O) groups is 1. The van der Waals surface area contributed by atoms with Crippen LogP contribution < -0.4 is 5.32 Å². The number of halogens is 2. The van der Waals surface area contributed by atoms with Crippen molar-refractivity contribution in [3.8, 4) is 11.1 Å². The molecule has 5 heteroatoms. The number of thiophene rings is 1. The standard InChI is InChI=1S/C18H13ClFNOS/c1-11-8-9-23-17(11)18(22)21-16-5-3-2-4-14(16)13-7-6-12(19)10-15(13)20/h2-10H,1H3,(H,21,22). The Morgan fingerprint density at radius 1 is 1.13 bits per heavy atom. The van der Waals surface area contributed by atoms with E-state index in [1.54, 1.807) is 36.4 Å². The van der Waals surface area contributed by atoms with Gasteiger partial charge in [-0.2, -0.15) is 0 Å². The summed E-state index contributed by atoms with van der Waals surface area (Å²) < 4.78 is 14.2.